The summed E-state index contributed by atoms with van der Waals surface area (Å²) in [6.45, 7) is 2.50. The Labute approximate surface area is 181 Å². The number of hydrogen-bond donors (Lipinski definition) is 2. The van der Waals surface area contributed by atoms with E-state index in [1.165, 1.54) is 0 Å². The van der Waals surface area contributed by atoms with Gasteiger partial charge < -0.3 is 9.87 Å². The van der Waals surface area contributed by atoms with Crippen LogP contribution in [0.5, 0.6) is 0 Å². The van der Waals surface area contributed by atoms with Crippen molar-refractivity contribution in [2.45, 2.75) is 49.5 Å². The Morgan fingerprint density at radius 1 is 1.23 bits per heavy atom. The molecule has 0 amide bonds. The maximum Gasteiger partial charge on any atom is 0.233 e. The minimum Gasteiger partial charge on any atom is -0.324 e. The summed E-state index contributed by atoms with van der Waals surface area (Å²) in [5.74, 6) is 0.866. The second kappa shape index (κ2) is 7.69. The molecule has 1 spiro atoms. The number of nitrogens with one attached hydrogen (secondary N) is 1. The molecule has 31 heavy (non-hydrogen) atoms. The molecule has 0 saturated heterocycles. The lowest BCUT2D eigenvalue weighted by atomic mass is 9.81. The SMILES string of the molecule is CCN1N=C(F)C2(CCCCC2)n2c1cc1cnc(Nc3ccc(S(=O)O)cc3)nc12. The number of fused-ring (bicyclic) bond motifs is 4. The van der Waals surface area contributed by atoms with Gasteiger partial charge >= 0.3 is 0 Å². The lowest BCUT2D eigenvalue weighted by Gasteiger charge is -2.42. The van der Waals surface area contributed by atoms with E-state index >= 15 is 4.39 Å². The Morgan fingerprint density at radius 2 is 1.97 bits per heavy atom. The van der Waals surface area contributed by atoms with Crippen molar-refractivity contribution in [3.63, 3.8) is 0 Å². The van der Waals surface area contributed by atoms with Crippen molar-refractivity contribution >= 4 is 45.5 Å². The zero-order valence-electron chi connectivity index (χ0n) is 17.1. The molecule has 0 bridgehead atoms. The zero-order valence-corrected chi connectivity index (χ0v) is 17.9. The molecule has 5 rings (SSSR count). The van der Waals surface area contributed by atoms with Crippen LogP contribution in [0.2, 0.25) is 0 Å². The highest BCUT2D eigenvalue weighted by Gasteiger charge is 2.46. The fourth-order valence-electron chi connectivity index (χ4n) is 4.57. The first-order valence-electron chi connectivity index (χ1n) is 10.4. The molecule has 0 radical (unpaired) electrons. The molecule has 1 aromatic carbocycles. The van der Waals surface area contributed by atoms with Gasteiger partial charge in [0.2, 0.25) is 11.9 Å². The third-order valence-corrected chi connectivity index (χ3v) is 6.77. The Hall–Kier alpha value is -2.85. The number of aromatic nitrogens is 3. The smallest absolute Gasteiger partial charge is 0.233 e. The maximum atomic E-state index is 15.4. The van der Waals surface area contributed by atoms with Gasteiger partial charge in [-0.15, -0.1) is 5.10 Å². The van der Waals surface area contributed by atoms with Crippen LogP contribution in [0.4, 0.5) is 21.8 Å². The van der Waals surface area contributed by atoms with Crippen molar-refractivity contribution in [2.24, 2.45) is 5.10 Å². The van der Waals surface area contributed by atoms with Crippen LogP contribution >= 0.6 is 0 Å². The van der Waals surface area contributed by atoms with Crippen LogP contribution in [-0.2, 0) is 16.6 Å². The lowest BCUT2D eigenvalue weighted by molar-refractivity contribution is 0.262. The van der Waals surface area contributed by atoms with Crippen LogP contribution in [0.3, 0.4) is 0 Å². The summed E-state index contributed by atoms with van der Waals surface area (Å²) in [7, 11) is 0. The van der Waals surface area contributed by atoms with Crippen LogP contribution in [0.15, 0.2) is 46.5 Å². The van der Waals surface area contributed by atoms with Gasteiger partial charge in [0.05, 0.1) is 4.90 Å². The molecule has 1 fully saturated rings. The average Bonchev–Trinajstić information content (AvgIpc) is 3.17. The van der Waals surface area contributed by atoms with Gasteiger partial charge in [0.1, 0.15) is 17.0 Å². The van der Waals surface area contributed by atoms with E-state index in [1.807, 2.05) is 17.6 Å². The fraction of sp³-hybridized carbons (Fsp3) is 0.381. The van der Waals surface area contributed by atoms with Gasteiger partial charge in [-0.3, -0.25) is 4.57 Å². The Kier molecular flexibility index (Phi) is 4.98. The van der Waals surface area contributed by atoms with Crippen molar-refractivity contribution in [2.75, 3.05) is 16.9 Å². The van der Waals surface area contributed by atoms with Crippen LogP contribution in [0.25, 0.3) is 11.0 Å². The van der Waals surface area contributed by atoms with Gasteiger partial charge in [0, 0.05) is 23.8 Å². The van der Waals surface area contributed by atoms with E-state index in [0.29, 0.717) is 41.6 Å². The molecule has 2 N–H and O–H groups in total. The molecule has 1 saturated carbocycles. The predicted molar refractivity (Wildman–Crippen MR) is 119 cm³/mol. The van der Waals surface area contributed by atoms with E-state index in [1.54, 1.807) is 35.5 Å². The zero-order chi connectivity index (χ0) is 21.6. The second-order valence-electron chi connectivity index (χ2n) is 7.91. The number of hydrazone groups is 1. The molecule has 3 heterocycles. The van der Waals surface area contributed by atoms with Gasteiger partial charge in [-0.25, -0.2) is 14.2 Å². The minimum absolute atomic E-state index is 0.316. The highest BCUT2D eigenvalue weighted by atomic mass is 32.2. The normalized spacial score (nSPS) is 18.7. The summed E-state index contributed by atoms with van der Waals surface area (Å²) in [6, 6.07) is 8.49. The summed E-state index contributed by atoms with van der Waals surface area (Å²) in [5.41, 5.74) is 0.569. The van der Waals surface area contributed by atoms with Gasteiger partial charge in [-0.05, 0) is 50.1 Å². The first kappa shape index (κ1) is 20.1. The van der Waals surface area contributed by atoms with E-state index in [-0.39, 0.29) is 5.97 Å². The molecular formula is C21H23FN6O2S. The van der Waals surface area contributed by atoms with Gasteiger partial charge in [-0.2, -0.15) is 9.37 Å². The van der Waals surface area contributed by atoms with E-state index in [2.05, 4.69) is 15.4 Å². The molecule has 2 aliphatic rings. The van der Waals surface area contributed by atoms with Crippen LogP contribution < -0.4 is 10.3 Å². The van der Waals surface area contributed by atoms with Crippen molar-refractivity contribution in [1.29, 1.82) is 0 Å². The first-order valence-corrected chi connectivity index (χ1v) is 11.5. The number of benzene rings is 1. The Balaban J connectivity index is 1.59. The molecule has 1 aliphatic heterocycles. The number of halogens is 1. The number of hydrogen-bond acceptors (Lipinski definition) is 6. The van der Waals surface area contributed by atoms with Crippen LogP contribution in [-0.4, -0.2) is 35.8 Å². The molecule has 2 aromatic heterocycles. The second-order valence-corrected chi connectivity index (χ2v) is 8.88. The molecule has 162 valence electrons. The topological polar surface area (TPSA) is 95.6 Å². The monoisotopic (exact) mass is 442 g/mol. The maximum absolute atomic E-state index is 15.4. The largest absolute Gasteiger partial charge is 0.324 e. The molecule has 1 unspecified atom stereocenters. The van der Waals surface area contributed by atoms with Crippen molar-refractivity contribution in [3.8, 4) is 0 Å². The van der Waals surface area contributed by atoms with E-state index in [9.17, 15) is 8.76 Å². The van der Waals surface area contributed by atoms with E-state index in [0.717, 1.165) is 30.5 Å². The number of anilines is 3. The van der Waals surface area contributed by atoms with Crippen molar-refractivity contribution in [1.82, 2.24) is 14.5 Å². The summed E-state index contributed by atoms with van der Waals surface area (Å²) >= 11 is -2.03. The van der Waals surface area contributed by atoms with Gasteiger partial charge in [0.15, 0.2) is 11.1 Å². The average molecular weight is 443 g/mol. The van der Waals surface area contributed by atoms with Gasteiger partial charge in [-0.1, -0.05) is 19.3 Å². The first-order chi connectivity index (χ1) is 15.0. The molecule has 3 aromatic rings. The Morgan fingerprint density at radius 3 is 2.65 bits per heavy atom. The third-order valence-electron chi connectivity index (χ3n) is 6.10. The minimum atomic E-state index is -2.03. The number of rotatable bonds is 4. The predicted octanol–water partition coefficient (Wildman–Crippen LogP) is 4.54. The van der Waals surface area contributed by atoms with Crippen molar-refractivity contribution < 1.29 is 13.2 Å². The fourth-order valence-corrected chi connectivity index (χ4v) is 4.94. The highest BCUT2D eigenvalue weighted by Crippen LogP contribution is 2.45. The van der Waals surface area contributed by atoms with E-state index in [4.69, 9.17) is 4.98 Å². The number of nitrogens with zero attached hydrogens (tertiary/aromatic N) is 5. The molecule has 8 nitrogen and oxygen atoms in total. The molecule has 1 aliphatic carbocycles. The molecule has 10 heteroatoms. The van der Waals surface area contributed by atoms with E-state index < -0.39 is 16.6 Å². The van der Waals surface area contributed by atoms with Gasteiger partial charge in [0.25, 0.3) is 0 Å². The summed E-state index contributed by atoms with van der Waals surface area (Å²) < 4.78 is 37.7. The third kappa shape index (κ3) is 3.30. The summed E-state index contributed by atoms with van der Waals surface area (Å²) in [4.78, 5) is 9.47. The van der Waals surface area contributed by atoms with Crippen molar-refractivity contribution in [3.05, 3.63) is 36.5 Å². The summed E-state index contributed by atoms with van der Waals surface area (Å²) in [5, 5.41) is 9.92. The standard InChI is InChI=1S/C21H23FN6O2S/c1-2-27-17-12-14-13-23-20(24-15-6-8-16(9-7-15)31(29)30)25-18(14)28(17)21(19(22)26-27)10-4-3-5-11-21/h6-9,12-13H,2-5,10-11H2,1H3,(H,29,30)(H,23,24,25). The van der Waals surface area contributed by atoms with Crippen LogP contribution in [0.1, 0.15) is 39.0 Å². The quantitative estimate of drug-likeness (QED) is 0.576. The Bertz CT molecular complexity index is 1190. The lowest BCUT2D eigenvalue weighted by Crippen LogP contribution is -2.47. The molecule has 1 atom stereocenters. The molecular weight excluding hydrogens is 419 g/mol. The van der Waals surface area contributed by atoms with Crippen LogP contribution in [0, 0.1) is 0 Å². The summed E-state index contributed by atoms with van der Waals surface area (Å²) in [6.07, 6.45) is 6.12. The highest BCUT2D eigenvalue weighted by molar-refractivity contribution is 7.79.